The molecule has 1 saturated heterocycles. The first-order valence-corrected chi connectivity index (χ1v) is 9.58. The largest absolute Gasteiger partial charge is 0.550 e. The van der Waals surface area contributed by atoms with E-state index in [1.165, 1.54) is 0 Å². The average Bonchev–Trinajstić information content (AvgIpc) is 2.61. The van der Waals surface area contributed by atoms with Crippen molar-refractivity contribution in [2.24, 2.45) is 34.0 Å². The Labute approximate surface area is 143 Å². The van der Waals surface area contributed by atoms with Gasteiger partial charge in [-0.3, -0.25) is 4.79 Å². The maximum Gasteiger partial charge on any atom is 0.139 e. The summed E-state index contributed by atoms with van der Waals surface area (Å²) in [6.45, 7) is 6.28. The predicted molar refractivity (Wildman–Crippen MR) is 84.7 cm³/mol. The van der Waals surface area contributed by atoms with Gasteiger partial charge in [-0.2, -0.15) is 0 Å². The zero-order valence-electron chi connectivity index (χ0n) is 14.9. The zero-order chi connectivity index (χ0) is 17.1. The molecule has 1 heterocycles. The van der Waals surface area contributed by atoms with Gasteiger partial charge in [-0.25, -0.2) is 0 Å². The number of carboxylic acid groups (broad SMARTS) is 1. The van der Waals surface area contributed by atoms with E-state index in [-0.39, 0.29) is 34.4 Å². The van der Waals surface area contributed by atoms with E-state index in [9.17, 15) is 14.7 Å². The molecule has 5 aliphatic rings. The van der Waals surface area contributed by atoms with E-state index in [1.807, 2.05) is 6.92 Å². The molecule has 1 spiro atoms. The van der Waals surface area contributed by atoms with Crippen LogP contribution in [0.5, 0.6) is 0 Å². The Kier molecular flexibility index (Phi) is 2.61. The van der Waals surface area contributed by atoms with Crippen molar-refractivity contribution < 1.29 is 19.4 Å². The molecular formula is C20H27O4-. The molecule has 24 heavy (non-hydrogen) atoms. The number of fused-ring (bicyclic) bond motifs is 2. The predicted octanol–water partition coefficient (Wildman–Crippen LogP) is 2.10. The lowest BCUT2D eigenvalue weighted by atomic mass is 9.40. The first-order valence-electron chi connectivity index (χ1n) is 9.58. The summed E-state index contributed by atoms with van der Waals surface area (Å²) in [5, 5.41) is 12.0. The second-order valence-electron chi connectivity index (χ2n) is 10.1. The Balaban J connectivity index is 1.63. The molecule has 4 aliphatic carbocycles. The highest BCUT2D eigenvalue weighted by Crippen LogP contribution is 2.75. The normalized spacial score (nSPS) is 60.9. The van der Waals surface area contributed by atoms with Gasteiger partial charge in [0.2, 0.25) is 0 Å². The third kappa shape index (κ3) is 1.43. The fourth-order valence-electron chi connectivity index (χ4n) is 8.11. The highest BCUT2D eigenvalue weighted by Gasteiger charge is 2.76. The van der Waals surface area contributed by atoms with Gasteiger partial charge in [0.1, 0.15) is 5.78 Å². The number of hydrogen-bond donors (Lipinski definition) is 0. The molecule has 2 unspecified atom stereocenters. The molecule has 1 aliphatic heterocycles. The second-order valence-corrected chi connectivity index (χ2v) is 10.1. The van der Waals surface area contributed by atoms with Crippen molar-refractivity contribution in [3.63, 3.8) is 0 Å². The van der Waals surface area contributed by atoms with Crippen LogP contribution in [0.4, 0.5) is 0 Å². The minimum Gasteiger partial charge on any atom is -0.550 e. The van der Waals surface area contributed by atoms with Gasteiger partial charge in [0.15, 0.2) is 0 Å². The van der Waals surface area contributed by atoms with Gasteiger partial charge in [-0.15, -0.1) is 0 Å². The summed E-state index contributed by atoms with van der Waals surface area (Å²) in [5.74, 6) is 0.0839. The molecule has 0 amide bonds. The minimum absolute atomic E-state index is 0.0802. The Morgan fingerprint density at radius 3 is 2.67 bits per heavy atom. The number of rotatable bonds is 1. The molecule has 4 saturated carbocycles. The number of carboxylic acids is 1. The molecule has 8 atom stereocenters. The Hall–Kier alpha value is -0.900. The number of carbonyl (C=O) groups excluding carboxylic acids is 2. The zero-order valence-corrected chi connectivity index (χ0v) is 14.9. The lowest BCUT2D eigenvalue weighted by Crippen LogP contribution is -2.64. The van der Waals surface area contributed by atoms with Gasteiger partial charge in [0, 0.05) is 29.1 Å². The highest BCUT2D eigenvalue weighted by molar-refractivity contribution is 5.89. The van der Waals surface area contributed by atoms with Crippen molar-refractivity contribution in [2.45, 2.75) is 77.4 Å². The van der Waals surface area contributed by atoms with Crippen LogP contribution in [0.3, 0.4) is 0 Å². The average molecular weight is 331 g/mol. The van der Waals surface area contributed by atoms with Crippen LogP contribution in [0.25, 0.3) is 0 Å². The number of hydrogen-bond acceptors (Lipinski definition) is 4. The molecule has 4 nitrogen and oxygen atoms in total. The van der Waals surface area contributed by atoms with Gasteiger partial charge in [-0.1, -0.05) is 20.3 Å². The summed E-state index contributed by atoms with van der Waals surface area (Å²) in [4.78, 5) is 25.3. The third-order valence-corrected chi connectivity index (χ3v) is 9.22. The Bertz CT molecular complexity index is 658. The summed E-state index contributed by atoms with van der Waals surface area (Å²) < 4.78 is 6.22. The van der Waals surface area contributed by atoms with E-state index in [0.29, 0.717) is 24.5 Å². The third-order valence-electron chi connectivity index (χ3n) is 9.22. The van der Waals surface area contributed by atoms with E-state index in [1.54, 1.807) is 0 Å². The molecular weight excluding hydrogens is 304 g/mol. The van der Waals surface area contributed by atoms with Crippen molar-refractivity contribution in [1.29, 1.82) is 0 Å². The molecule has 2 bridgehead atoms. The van der Waals surface area contributed by atoms with E-state index in [2.05, 4.69) is 13.8 Å². The van der Waals surface area contributed by atoms with Crippen molar-refractivity contribution >= 4 is 11.8 Å². The first-order chi connectivity index (χ1) is 11.2. The Morgan fingerprint density at radius 2 is 1.96 bits per heavy atom. The standard InChI is InChI=1S/C20H28O4/c1-17-5-4-6-18(2,16(22)23)13(17)8-15(21)20-9-11-12(7-14(17)20)24-19(11,3)10-20/h11-14H,4-10H2,1-3H3,(H,22,23)/p-1/t11-,12?,13-,14-,17+,18+,19?,20+/m0/s1. The van der Waals surface area contributed by atoms with Crippen molar-refractivity contribution in [3.05, 3.63) is 0 Å². The topological polar surface area (TPSA) is 66.4 Å². The molecule has 0 radical (unpaired) electrons. The summed E-state index contributed by atoms with van der Waals surface area (Å²) in [5.41, 5.74) is -1.30. The van der Waals surface area contributed by atoms with Crippen LogP contribution in [0.1, 0.15) is 65.7 Å². The second kappa shape index (κ2) is 4.08. The maximum atomic E-state index is 13.4. The van der Waals surface area contributed by atoms with Crippen LogP contribution in [-0.4, -0.2) is 23.5 Å². The Morgan fingerprint density at radius 1 is 1.21 bits per heavy atom. The van der Waals surface area contributed by atoms with E-state index >= 15 is 0 Å². The summed E-state index contributed by atoms with van der Waals surface area (Å²) in [6, 6.07) is 0. The van der Waals surface area contributed by atoms with Gasteiger partial charge in [0.25, 0.3) is 0 Å². The van der Waals surface area contributed by atoms with Crippen LogP contribution in [0.15, 0.2) is 0 Å². The number of ketones is 1. The molecule has 4 heteroatoms. The molecule has 0 aromatic heterocycles. The van der Waals surface area contributed by atoms with Crippen molar-refractivity contribution in [1.82, 2.24) is 0 Å². The smallest absolute Gasteiger partial charge is 0.139 e. The van der Waals surface area contributed by atoms with Crippen LogP contribution in [-0.2, 0) is 14.3 Å². The van der Waals surface area contributed by atoms with Crippen molar-refractivity contribution in [2.75, 3.05) is 0 Å². The molecule has 5 fully saturated rings. The SMILES string of the molecule is CC12C[C@]34C[C@H]1C(C[C@H]3[C@]1(C)CCC[C@@](C)(C(=O)[O-])[C@H]1CC4=O)O2. The van der Waals surface area contributed by atoms with Crippen LogP contribution < -0.4 is 5.11 Å². The highest BCUT2D eigenvalue weighted by atomic mass is 16.5. The lowest BCUT2D eigenvalue weighted by molar-refractivity contribution is -0.327. The molecule has 5 rings (SSSR count). The fraction of sp³-hybridized carbons (Fsp3) is 0.900. The van der Waals surface area contributed by atoms with Crippen molar-refractivity contribution in [3.8, 4) is 0 Å². The lowest BCUT2D eigenvalue weighted by Gasteiger charge is -2.64. The van der Waals surface area contributed by atoms with Gasteiger partial charge in [0.05, 0.1) is 11.7 Å². The molecule has 132 valence electrons. The maximum absolute atomic E-state index is 13.4. The monoisotopic (exact) mass is 331 g/mol. The molecule has 0 N–H and O–H groups in total. The number of Topliss-reactive ketones (excluding diaryl/α,β-unsaturated/α-hetero) is 1. The van der Waals surface area contributed by atoms with E-state index < -0.39 is 11.4 Å². The first kappa shape index (κ1) is 15.4. The minimum atomic E-state index is -0.963. The quantitative estimate of drug-likeness (QED) is 0.738. The van der Waals surface area contributed by atoms with Gasteiger partial charge in [-0.05, 0) is 56.3 Å². The fourth-order valence-corrected chi connectivity index (χ4v) is 8.11. The van der Waals surface area contributed by atoms with E-state index in [0.717, 1.165) is 32.1 Å². The summed E-state index contributed by atoms with van der Waals surface area (Å²) >= 11 is 0. The molecule has 0 aromatic rings. The van der Waals surface area contributed by atoms with Crippen LogP contribution >= 0.6 is 0 Å². The van der Waals surface area contributed by atoms with Crippen LogP contribution in [0, 0.1) is 34.0 Å². The van der Waals surface area contributed by atoms with Crippen LogP contribution in [0.2, 0.25) is 0 Å². The van der Waals surface area contributed by atoms with E-state index in [4.69, 9.17) is 4.74 Å². The number of aliphatic carboxylic acids is 1. The number of ether oxygens (including phenoxy) is 1. The summed E-state index contributed by atoms with van der Waals surface area (Å²) in [7, 11) is 0. The van der Waals surface area contributed by atoms with Gasteiger partial charge >= 0.3 is 0 Å². The molecule has 0 aromatic carbocycles. The van der Waals surface area contributed by atoms with Gasteiger partial charge < -0.3 is 14.6 Å². The number of carbonyl (C=O) groups is 2. The summed E-state index contributed by atoms with van der Waals surface area (Å²) in [6.07, 6.45) is 6.08.